The van der Waals surface area contributed by atoms with Gasteiger partial charge in [-0.15, -0.1) is 0 Å². The van der Waals surface area contributed by atoms with Crippen LogP contribution in [-0.2, 0) is 21.3 Å². The molecule has 0 radical (unpaired) electrons. The fourth-order valence-electron chi connectivity index (χ4n) is 2.72. The lowest BCUT2D eigenvalue weighted by Gasteiger charge is -2.07. The van der Waals surface area contributed by atoms with Crippen molar-refractivity contribution in [2.24, 2.45) is 5.73 Å². The molecule has 2 aromatic carbocycles. The number of phenolic OH excluding ortho intramolecular Hbond substituents is 2. The third-order valence-electron chi connectivity index (χ3n) is 4.82. The summed E-state index contributed by atoms with van der Waals surface area (Å²) in [6.07, 6.45) is 0.114. The van der Waals surface area contributed by atoms with Gasteiger partial charge in [0.05, 0.1) is 5.75 Å². The van der Waals surface area contributed by atoms with Gasteiger partial charge in [-0.1, -0.05) is 6.07 Å². The van der Waals surface area contributed by atoms with E-state index in [-0.39, 0.29) is 29.4 Å². The maximum Gasteiger partial charge on any atom is 0.339 e. The van der Waals surface area contributed by atoms with E-state index in [9.17, 15) is 18.0 Å². The van der Waals surface area contributed by atoms with E-state index in [0.29, 0.717) is 16.7 Å². The number of carboxylic acid groups (broad SMARTS) is 1. The number of aromatic hydroxyl groups is 2. The molecule has 3 aromatic rings. The number of carbonyl (C=O) groups is 1. The Morgan fingerprint density at radius 1 is 1.09 bits per heavy atom. The number of nitrogens with two attached hydrogens (primary N) is 1. The molecule has 0 aliphatic heterocycles. The van der Waals surface area contributed by atoms with E-state index >= 15 is 0 Å². The third kappa shape index (κ3) is 6.70. The van der Waals surface area contributed by atoms with E-state index in [1.54, 1.807) is 19.1 Å². The number of phenols is 2. The SMILES string of the molecule is CCS(=O)(=O)Oc1ccc2c(C)c(C)c(=O)oc2c1.N[C@H](Cc1ccc(O)c(O)c1)C(=O)O. The van der Waals surface area contributed by atoms with Crippen molar-refractivity contribution in [2.45, 2.75) is 33.2 Å². The van der Waals surface area contributed by atoms with Crippen LogP contribution in [0.1, 0.15) is 23.6 Å². The maximum atomic E-state index is 11.6. The molecule has 0 aliphatic carbocycles. The van der Waals surface area contributed by atoms with E-state index < -0.39 is 27.8 Å². The van der Waals surface area contributed by atoms with Crippen molar-refractivity contribution in [1.82, 2.24) is 0 Å². The second-order valence-corrected chi connectivity index (χ2v) is 9.06. The molecule has 0 fully saturated rings. The van der Waals surface area contributed by atoms with Crippen LogP contribution in [0.15, 0.2) is 45.6 Å². The summed E-state index contributed by atoms with van der Waals surface area (Å²) in [7, 11) is -3.59. The molecule has 0 amide bonds. The predicted molar refractivity (Wildman–Crippen MR) is 121 cm³/mol. The number of fused-ring (bicyclic) bond motifs is 1. The molecule has 0 bridgehead atoms. The normalized spacial score (nSPS) is 12.0. The van der Waals surface area contributed by atoms with Gasteiger partial charge in [-0.05, 0) is 62.6 Å². The lowest BCUT2D eigenvalue weighted by atomic mass is 10.1. The van der Waals surface area contributed by atoms with Crippen LogP contribution in [0.25, 0.3) is 11.0 Å². The van der Waals surface area contributed by atoms with Crippen LogP contribution in [0, 0.1) is 13.8 Å². The highest BCUT2D eigenvalue weighted by Gasteiger charge is 2.14. The second-order valence-electron chi connectivity index (χ2n) is 7.20. The summed E-state index contributed by atoms with van der Waals surface area (Å²) in [5.74, 6) is -1.60. The fourth-order valence-corrected chi connectivity index (χ4v) is 3.24. The van der Waals surface area contributed by atoms with Crippen LogP contribution < -0.4 is 15.5 Å². The minimum atomic E-state index is -3.59. The Kier molecular flexibility index (Phi) is 8.07. The smallest absolute Gasteiger partial charge is 0.339 e. The molecule has 10 nitrogen and oxygen atoms in total. The first-order chi connectivity index (χ1) is 15.3. The highest BCUT2D eigenvalue weighted by Crippen LogP contribution is 2.26. The Bertz CT molecular complexity index is 1330. The van der Waals surface area contributed by atoms with Crippen molar-refractivity contribution >= 4 is 27.1 Å². The van der Waals surface area contributed by atoms with Crippen molar-refractivity contribution in [3.63, 3.8) is 0 Å². The molecule has 3 rings (SSSR count). The number of carboxylic acids is 1. The minimum absolute atomic E-state index is 0.114. The van der Waals surface area contributed by atoms with E-state index in [1.165, 1.54) is 31.2 Å². The van der Waals surface area contributed by atoms with Gasteiger partial charge in [0.2, 0.25) is 0 Å². The number of rotatable bonds is 6. The summed E-state index contributed by atoms with van der Waals surface area (Å²) in [5.41, 5.74) is 7.10. The molecular weight excluding hydrogens is 454 g/mol. The summed E-state index contributed by atoms with van der Waals surface area (Å²) in [6, 6.07) is 7.73. The molecule has 1 atom stereocenters. The maximum absolute atomic E-state index is 11.6. The Hall–Kier alpha value is -3.57. The molecule has 178 valence electrons. The summed E-state index contributed by atoms with van der Waals surface area (Å²) < 4.78 is 32.8. The molecule has 33 heavy (non-hydrogen) atoms. The van der Waals surface area contributed by atoms with Gasteiger partial charge >= 0.3 is 21.7 Å². The highest BCUT2D eigenvalue weighted by atomic mass is 32.2. The van der Waals surface area contributed by atoms with Crippen LogP contribution in [0.2, 0.25) is 0 Å². The minimum Gasteiger partial charge on any atom is -0.504 e. The van der Waals surface area contributed by atoms with Crippen LogP contribution >= 0.6 is 0 Å². The number of aryl methyl sites for hydroxylation is 1. The zero-order chi connectivity index (χ0) is 24.9. The second kappa shape index (κ2) is 10.4. The molecule has 0 unspecified atom stereocenters. The highest BCUT2D eigenvalue weighted by molar-refractivity contribution is 7.87. The van der Waals surface area contributed by atoms with Gasteiger partial charge in [0, 0.05) is 17.0 Å². The first-order valence-corrected chi connectivity index (χ1v) is 11.4. The van der Waals surface area contributed by atoms with Crippen LogP contribution in [0.3, 0.4) is 0 Å². The largest absolute Gasteiger partial charge is 0.504 e. The monoisotopic (exact) mass is 479 g/mol. The van der Waals surface area contributed by atoms with Gasteiger partial charge in [0.15, 0.2) is 11.5 Å². The molecule has 11 heteroatoms. The lowest BCUT2D eigenvalue weighted by Crippen LogP contribution is -2.32. The number of hydrogen-bond acceptors (Lipinski definition) is 9. The van der Waals surface area contributed by atoms with Crippen LogP contribution in [0.5, 0.6) is 17.2 Å². The van der Waals surface area contributed by atoms with Crippen molar-refractivity contribution < 1.29 is 37.1 Å². The van der Waals surface area contributed by atoms with E-state index in [1.807, 2.05) is 6.92 Å². The van der Waals surface area contributed by atoms with Gasteiger partial charge in [-0.2, -0.15) is 8.42 Å². The van der Waals surface area contributed by atoms with E-state index in [2.05, 4.69) is 0 Å². The van der Waals surface area contributed by atoms with Gasteiger partial charge in [0.25, 0.3) is 0 Å². The fraction of sp³-hybridized carbons (Fsp3) is 0.273. The topological polar surface area (TPSA) is 177 Å². The summed E-state index contributed by atoms with van der Waals surface area (Å²) in [4.78, 5) is 22.0. The predicted octanol–water partition coefficient (Wildman–Crippen LogP) is 2.19. The average Bonchev–Trinajstić information content (AvgIpc) is 2.74. The van der Waals surface area contributed by atoms with Gasteiger partial charge in [0.1, 0.15) is 17.4 Å². The zero-order valence-corrected chi connectivity index (χ0v) is 19.0. The van der Waals surface area contributed by atoms with Gasteiger partial charge < -0.3 is 29.7 Å². The molecule has 5 N–H and O–H groups in total. The van der Waals surface area contributed by atoms with Crippen molar-refractivity contribution in [3.8, 4) is 17.2 Å². The summed E-state index contributed by atoms with van der Waals surface area (Å²) in [5, 5.41) is 27.4. The van der Waals surface area contributed by atoms with Gasteiger partial charge in [-0.3, -0.25) is 4.79 Å². The molecule has 0 saturated carbocycles. The van der Waals surface area contributed by atoms with Gasteiger partial charge in [-0.25, -0.2) is 4.79 Å². The number of hydrogen-bond donors (Lipinski definition) is 4. The Morgan fingerprint density at radius 2 is 1.76 bits per heavy atom. The first kappa shape index (κ1) is 25.7. The summed E-state index contributed by atoms with van der Waals surface area (Å²) in [6.45, 7) is 4.99. The van der Waals surface area contributed by atoms with Crippen molar-refractivity contribution in [3.05, 3.63) is 63.5 Å². The number of aliphatic carboxylic acids is 1. The van der Waals surface area contributed by atoms with Crippen LogP contribution in [-0.4, -0.2) is 41.5 Å². The number of benzene rings is 2. The first-order valence-electron chi connectivity index (χ1n) is 9.80. The zero-order valence-electron chi connectivity index (χ0n) is 18.2. The van der Waals surface area contributed by atoms with Crippen molar-refractivity contribution in [1.29, 1.82) is 0 Å². The third-order valence-corrected chi connectivity index (χ3v) is 5.97. The summed E-state index contributed by atoms with van der Waals surface area (Å²) >= 11 is 0. The molecule has 0 aliphatic rings. The Labute approximate surface area is 190 Å². The molecule has 0 spiro atoms. The Morgan fingerprint density at radius 3 is 2.33 bits per heavy atom. The average molecular weight is 480 g/mol. The Balaban J connectivity index is 0.000000245. The molecule has 1 heterocycles. The van der Waals surface area contributed by atoms with E-state index in [0.717, 1.165) is 10.9 Å². The molecular formula is C22H25NO9S. The molecule has 0 saturated heterocycles. The van der Waals surface area contributed by atoms with E-state index in [4.69, 9.17) is 29.7 Å². The standard InChI is InChI=1S/C13H14O5S.C9H11NO4/c1-4-19(15,16)18-10-5-6-11-8(2)9(3)13(14)17-12(11)7-10;10-6(9(13)14)3-5-1-2-7(11)8(12)4-5/h5-7H,4H2,1-3H3;1-2,4,6,11-12H,3,10H2,(H,13,14)/t;6-/m.1/s1. The quantitative estimate of drug-likeness (QED) is 0.233. The van der Waals surface area contributed by atoms with Crippen LogP contribution in [0.4, 0.5) is 0 Å². The van der Waals surface area contributed by atoms with Crippen molar-refractivity contribution in [2.75, 3.05) is 5.75 Å². The molecule has 1 aromatic heterocycles. The lowest BCUT2D eigenvalue weighted by molar-refractivity contribution is -0.138.